The van der Waals surface area contributed by atoms with Crippen molar-refractivity contribution in [1.29, 1.82) is 0 Å². The number of benzene rings is 2. The summed E-state index contributed by atoms with van der Waals surface area (Å²) in [5, 5.41) is 34.8. The average molecular weight is 413 g/mol. The van der Waals surface area contributed by atoms with Gasteiger partial charge in [0.15, 0.2) is 0 Å². The maximum Gasteiger partial charge on any atom is 0.408 e. The van der Waals surface area contributed by atoms with E-state index in [4.69, 9.17) is 0 Å². The van der Waals surface area contributed by atoms with Crippen molar-refractivity contribution in [3.8, 4) is 0 Å². The van der Waals surface area contributed by atoms with Gasteiger partial charge in [-0.2, -0.15) is 0 Å². The van der Waals surface area contributed by atoms with Crippen LogP contribution in [-0.4, -0.2) is 56.6 Å². The standard InChI is InChI=1S/C24H32N2O4/c1-24(2,3)26(23(29)30)19(13-16-9-5-4-6-10-16)21(28)15-25-22-18-12-8-7-11-17(18)14-20(22)27/h4-12,19-22,25,27-28H,13-15H2,1-3H3,(H,29,30)/t19-,20-,21-,22+/m0/s1. The van der Waals surface area contributed by atoms with E-state index < -0.39 is 29.9 Å². The van der Waals surface area contributed by atoms with Crippen molar-refractivity contribution >= 4 is 6.09 Å². The minimum Gasteiger partial charge on any atom is -0.465 e. The van der Waals surface area contributed by atoms with Crippen LogP contribution in [0.2, 0.25) is 0 Å². The molecule has 0 aliphatic heterocycles. The van der Waals surface area contributed by atoms with E-state index >= 15 is 0 Å². The lowest BCUT2D eigenvalue weighted by atomic mass is 9.94. The van der Waals surface area contributed by atoms with E-state index in [9.17, 15) is 20.1 Å². The highest BCUT2D eigenvalue weighted by atomic mass is 16.4. The van der Waals surface area contributed by atoms with Crippen molar-refractivity contribution in [2.45, 2.75) is 63.4 Å². The number of aliphatic hydroxyl groups excluding tert-OH is 2. The lowest BCUT2D eigenvalue weighted by Gasteiger charge is -2.42. The molecule has 6 nitrogen and oxygen atoms in total. The minimum absolute atomic E-state index is 0.174. The molecule has 2 aromatic rings. The van der Waals surface area contributed by atoms with Gasteiger partial charge in [-0.25, -0.2) is 4.79 Å². The van der Waals surface area contributed by atoms with Gasteiger partial charge in [0.25, 0.3) is 0 Å². The molecule has 0 radical (unpaired) electrons. The van der Waals surface area contributed by atoms with Crippen molar-refractivity contribution in [3.05, 3.63) is 71.3 Å². The number of aliphatic hydroxyl groups is 2. The molecule has 4 atom stereocenters. The molecule has 0 saturated heterocycles. The number of rotatable bonds is 7. The Labute approximate surface area is 178 Å². The van der Waals surface area contributed by atoms with Gasteiger partial charge in [0.1, 0.15) is 0 Å². The number of carboxylic acid groups (broad SMARTS) is 1. The van der Waals surface area contributed by atoms with Crippen molar-refractivity contribution in [1.82, 2.24) is 10.2 Å². The van der Waals surface area contributed by atoms with Gasteiger partial charge in [0.05, 0.1) is 24.3 Å². The maximum atomic E-state index is 12.1. The van der Waals surface area contributed by atoms with E-state index in [1.165, 1.54) is 4.90 Å². The largest absolute Gasteiger partial charge is 0.465 e. The zero-order chi connectivity index (χ0) is 21.9. The van der Waals surface area contributed by atoms with Crippen LogP contribution in [0.15, 0.2) is 54.6 Å². The van der Waals surface area contributed by atoms with Gasteiger partial charge in [-0.1, -0.05) is 54.6 Å². The quantitative estimate of drug-likeness (QED) is 0.561. The Morgan fingerprint density at radius 3 is 2.40 bits per heavy atom. The summed E-state index contributed by atoms with van der Waals surface area (Å²) in [5.74, 6) is 0. The van der Waals surface area contributed by atoms with Crippen LogP contribution in [0, 0.1) is 0 Å². The molecule has 0 heterocycles. The summed E-state index contributed by atoms with van der Waals surface area (Å²) in [4.78, 5) is 13.5. The van der Waals surface area contributed by atoms with Crippen molar-refractivity contribution in [2.75, 3.05) is 6.54 Å². The van der Waals surface area contributed by atoms with Gasteiger partial charge in [-0.05, 0) is 43.9 Å². The summed E-state index contributed by atoms with van der Waals surface area (Å²) in [6.07, 6.45) is -1.60. The van der Waals surface area contributed by atoms with Gasteiger partial charge in [-0.15, -0.1) is 0 Å². The summed E-state index contributed by atoms with van der Waals surface area (Å²) in [6.45, 7) is 5.66. The van der Waals surface area contributed by atoms with Crippen molar-refractivity contribution < 1.29 is 20.1 Å². The lowest BCUT2D eigenvalue weighted by Crippen LogP contribution is -2.58. The summed E-state index contributed by atoms with van der Waals surface area (Å²) in [5.41, 5.74) is 2.41. The number of fused-ring (bicyclic) bond motifs is 1. The van der Waals surface area contributed by atoms with Gasteiger partial charge in [-0.3, -0.25) is 4.90 Å². The molecule has 162 valence electrons. The second-order valence-electron chi connectivity index (χ2n) is 9.00. The van der Waals surface area contributed by atoms with E-state index in [-0.39, 0.29) is 12.6 Å². The Balaban J connectivity index is 1.79. The van der Waals surface area contributed by atoms with Crippen LogP contribution in [0.1, 0.15) is 43.5 Å². The maximum absolute atomic E-state index is 12.1. The monoisotopic (exact) mass is 412 g/mol. The second kappa shape index (κ2) is 9.16. The fraction of sp³-hybridized carbons (Fsp3) is 0.458. The highest BCUT2D eigenvalue weighted by Gasteiger charge is 2.38. The molecule has 3 rings (SSSR count). The van der Waals surface area contributed by atoms with E-state index in [1.807, 2.05) is 75.4 Å². The molecule has 0 unspecified atom stereocenters. The Morgan fingerprint density at radius 2 is 1.77 bits per heavy atom. The number of hydrogen-bond acceptors (Lipinski definition) is 4. The topological polar surface area (TPSA) is 93.0 Å². The van der Waals surface area contributed by atoms with Crippen LogP contribution < -0.4 is 5.32 Å². The SMILES string of the molecule is CC(C)(C)N(C(=O)O)[C@@H](Cc1ccccc1)[C@@H](O)CN[C@@H]1c2ccccc2C[C@@H]1O. The molecule has 1 aliphatic carbocycles. The van der Waals surface area contributed by atoms with E-state index in [0.717, 1.165) is 16.7 Å². The molecule has 1 amide bonds. The van der Waals surface area contributed by atoms with Crippen LogP contribution in [-0.2, 0) is 12.8 Å². The molecular formula is C24H32N2O4. The molecule has 2 aromatic carbocycles. The smallest absolute Gasteiger partial charge is 0.408 e. The molecule has 0 fully saturated rings. The van der Waals surface area contributed by atoms with Crippen molar-refractivity contribution in [3.63, 3.8) is 0 Å². The zero-order valence-electron chi connectivity index (χ0n) is 17.8. The van der Waals surface area contributed by atoms with Crippen LogP contribution in [0.4, 0.5) is 4.79 Å². The first-order chi connectivity index (χ1) is 14.2. The van der Waals surface area contributed by atoms with E-state index in [1.54, 1.807) is 0 Å². The van der Waals surface area contributed by atoms with Gasteiger partial charge in [0.2, 0.25) is 0 Å². The fourth-order valence-corrected chi connectivity index (χ4v) is 4.38. The third-order valence-electron chi connectivity index (χ3n) is 5.74. The highest BCUT2D eigenvalue weighted by molar-refractivity contribution is 5.66. The summed E-state index contributed by atoms with van der Waals surface area (Å²) >= 11 is 0. The average Bonchev–Trinajstić information content (AvgIpc) is 3.00. The normalized spacial score (nSPS) is 20.4. The molecule has 0 spiro atoms. The second-order valence-corrected chi connectivity index (χ2v) is 9.00. The van der Waals surface area contributed by atoms with Crippen LogP contribution in [0.25, 0.3) is 0 Å². The minimum atomic E-state index is -1.06. The lowest BCUT2D eigenvalue weighted by molar-refractivity contribution is 0.00479. The van der Waals surface area contributed by atoms with Crippen LogP contribution in [0.5, 0.6) is 0 Å². The Bertz CT molecular complexity index is 850. The predicted molar refractivity (Wildman–Crippen MR) is 116 cm³/mol. The molecule has 0 bridgehead atoms. The molecule has 1 aliphatic rings. The number of nitrogens with one attached hydrogen (secondary N) is 1. The first-order valence-electron chi connectivity index (χ1n) is 10.4. The van der Waals surface area contributed by atoms with Crippen molar-refractivity contribution in [2.24, 2.45) is 0 Å². The highest BCUT2D eigenvalue weighted by Crippen LogP contribution is 2.31. The van der Waals surface area contributed by atoms with Gasteiger partial charge >= 0.3 is 6.09 Å². The third kappa shape index (κ3) is 5.01. The number of hydrogen-bond donors (Lipinski definition) is 4. The molecule has 0 aromatic heterocycles. The Hall–Kier alpha value is -2.41. The number of nitrogens with zero attached hydrogens (tertiary/aromatic N) is 1. The predicted octanol–water partition coefficient (Wildman–Crippen LogP) is 2.99. The summed E-state index contributed by atoms with van der Waals surface area (Å²) < 4.78 is 0. The Kier molecular flexibility index (Phi) is 6.81. The Morgan fingerprint density at radius 1 is 1.13 bits per heavy atom. The van der Waals surface area contributed by atoms with Crippen LogP contribution >= 0.6 is 0 Å². The molecule has 0 saturated carbocycles. The van der Waals surface area contributed by atoms with Gasteiger partial charge < -0.3 is 20.6 Å². The first-order valence-corrected chi connectivity index (χ1v) is 10.4. The number of carbonyl (C=O) groups is 1. The fourth-order valence-electron chi connectivity index (χ4n) is 4.38. The first kappa shape index (κ1) is 22.3. The molecule has 4 N–H and O–H groups in total. The molecular weight excluding hydrogens is 380 g/mol. The van der Waals surface area contributed by atoms with Gasteiger partial charge in [0, 0.05) is 18.5 Å². The number of amides is 1. The van der Waals surface area contributed by atoms with E-state index in [0.29, 0.717) is 12.8 Å². The summed E-state index contributed by atoms with van der Waals surface area (Å²) in [6, 6.07) is 16.6. The zero-order valence-corrected chi connectivity index (χ0v) is 17.8. The molecule has 30 heavy (non-hydrogen) atoms. The van der Waals surface area contributed by atoms with Crippen LogP contribution in [0.3, 0.4) is 0 Å². The van der Waals surface area contributed by atoms with E-state index in [2.05, 4.69) is 5.32 Å². The molecule has 6 heteroatoms. The summed E-state index contributed by atoms with van der Waals surface area (Å²) in [7, 11) is 0. The third-order valence-corrected chi connectivity index (χ3v) is 5.74.